The van der Waals surface area contributed by atoms with Crippen LogP contribution in [0.25, 0.3) is 6.08 Å². The molecule has 0 atom stereocenters. The summed E-state index contributed by atoms with van der Waals surface area (Å²) in [5.74, 6) is 0. The number of hydrogen-bond donors (Lipinski definition) is 1. The molecular formula is C26H38O3. The van der Waals surface area contributed by atoms with Crippen LogP contribution in [0.15, 0.2) is 66.8 Å². The van der Waals surface area contributed by atoms with Crippen LogP contribution in [0.4, 0.5) is 0 Å². The summed E-state index contributed by atoms with van der Waals surface area (Å²) in [5, 5.41) is 9.54. The van der Waals surface area contributed by atoms with Crippen LogP contribution in [0.5, 0.6) is 0 Å². The Morgan fingerprint density at radius 2 is 1.72 bits per heavy atom. The first-order valence-electron chi connectivity index (χ1n) is 9.80. The minimum atomic E-state index is 0.0525. The quantitative estimate of drug-likeness (QED) is 0.307. The minimum Gasteiger partial charge on any atom is -0.392 e. The van der Waals surface area contributed by atoms with E-state index in [1.165, 1.54) is 6.08 Å². The van der Waals surface area contributed by atoms with Gasteiger partial charge >= 0.3 is 0 Å². The Kier molecular flexibility index (Phi) is 17.4. The maximum absolute atomic E-state index is 9.54. The van der Waals surface area contributed by atoms with Crippen LogP contribution in [0, 0.1) is 6.92 Å². The molecule has 1 N–H and O–H groups in total. The molecule has 3 heteroatoms. The number of aliphatic hydroxyl groups excluding tert-OH is 1. The van der Waals surface area contributed by atoms with E-state index in [0.717, 1.165) is 45.4 Å². The van der Waals surface area contributed by atoms with Crippen LogP contribution >= 0.6 is 0 Å². The number of carbonyl (C=O) groups is 1. The van der Waals surface area contributed by atoms with Gasteiger partial charge < -0.3 is 9.84 Å². The van der Waals surface area contributed by atoms with E-state index in [0.29, 0.717) is 12.9 Å². The predicted octanol–water partition coefficient (Wildman–Crippen LogP) is 6.17. The Bertz CT molecular complexity index is 716. The lowest BCUT2D eigenvalue weighted by Gasteiger charge is -2.12. The van der Waals surface area contributed by atoms with E-state index in [1.54, 1.807) is 7.11 Å². The van der Waals surface area contributed by atoms with Gasteiger partial charge in [-0.2, -0.15) is 0 Å². The Balaban J connectivity index is 0. The van der Waals surface area contributed by atoms with Crippen LogP contribution < -0.4 is 0 Å². The molecule has 0 aliphatic rings. The maximum Gasteiger partial charge on any atom is 0.142 e. The van der Waals surface area contributed by atoms with Gasteiger partial charge in [0.15, 0.2) is 0 Å². The van der Waals surface area contributed by atoms with Crippen LogP contribution in [0.3, 0.4) is 0 Å². The van der Waals surface area contributed by atoms with Crippen molar-refractivity contribution >= 4 is 12.4 Å². The average Bonchev–Trinajstić information content (AvgIpc) is 2.73. The number of allylic oxidation sites excluding steroid dienone is 6. The van der Waals surface area contributed by atoms with Crippen molar-refractivity contribution in [1.82, 2.24) is 0 Å². The van der Waals surface area contributed by atoms with Gasteiger partial charge in [0.25, 0.3) is 0 Å². The molecule has 0 amide bonds. The van der Waals surface area contributed by atoms with E-state index in [9.17, 15) is 5.11 Å². The fourth-order valence-corrected chi connectivity index (χ4v) is 2.28. The number of aryl methyl sites for hydroxylation is 1. The molecule has 1 aromatic carbocycles. The molecule has 0 radical (unpaired) electrons. The number of hydrogen-bond acceptors (Lipinski definition) is 3. The van der Waals surface area contributed by atoms with Crippen molar-refractivity contribution in [2.75, 3.05) is 13.7 Å². The highest BCUT2D eigenvalue weighted by atomic mass is 16.5. The van der Waals surface area contributed by atoms with Crippen LogP contribution in [0.2, 0.25) is 0 Å². The molecule has 0 unspecified atom stereocenters. The molecule has 0 aliphatic heterocycles. The van der Waals surface area contributed by atoms with Crippen molar-refractivity contribution in [2.45, 2.75) is 47.6 Å². The van der Waals surface area contributed by atoms with Gasteiger partial charge in [0.1, 0.15) is 6.29 Å². The number of aldehydes is 1. The second kappa shape index (κ2) is 17.6. The van der Waals surface area contributed by atoms with E-state index in [-0.39, 0.29) is 6.61 Å². The smallest absolute Gasteiger partial charge is 0.142 e. The number of benzene rings is 1. The van der Waals surface area contributed by atoms with E-state index in [4.69, 9.17) is 9.53 Å². The van der Waals surface area contributed by atoms with Gasteiger partial charge in [-0.05, 0) is 66.7 Å². The highest BCUT2D eigenvalue weighted by Crippen LogP contribution is 2.22. The summed E-state index contributed by atoms with van der Waals surface area (Å²) in [6, 6.07) is 4.19. The lowest BCUT2D eigenvalue weighted by molar-refractivity contribution is -0.104. The zero-order valence-electron chi connectivity index (χ0n) is 19.0. The predicted molar refractivity (Wildman–Crippen MR) is 127 cm³/mol. The summed E-state index contributed by atoms with van der Waals surface area (Å²) in [6.07, 6.45) is 8.71. The third kappa shape index (κ3) is 12.6. The van der Waals surface area contributed by atoms with Gasteiger partial charge in [0, 0.05) is 7.11 Å². The Morgan fingerprint density at radius 3 is 2.17 bits per heavy atom. The fraction of sp³-hybridized carbons (Fsp3) is 0.346. The molecule has 0 fully saturated rings. The number of aliphatic hydroxyl groups is 1. The molecule has 1 rings (SSSR count). The second-order valence-electron chi connectivity index (χ2n) is 6.28. The average molecular weight is 399 g/mol. The van der Waals surface area contributed by atoms with Crippen molar-refractivity contribution in [2.24, 2.45) is 0 Å². The summed E-state index contributed by atoms with van der Waals surface area (Å²) in [6.45, 7) is 21.8. The first-order valence-corrected chi connectivity index (χ1v) is 9.80. The third-order valence-corrected chi connectivity index (χ3v) is 3.88. The van der Waals surface area contributed by atoms with Crippen LogP contribution in [-0.2, 0) is 22.6 Å². The molecule has 0 aromatic heterocycles. The van der Waals surface area contributed by atoms with E-state index in [2.05, 4.69) is 51.8 Å². The monoisotopic (exact) mass is 398 g/mol. The van der Waals surface area contributed by atoms with Crippen LogP contribution in [-0.4, -0.2) is 25.1 Å². The molecule has 0 aliphatic carbocycles. The zero-order valence-corrected chi connectivity index (χ0v) is 19.0. The number of methoxy groups -OCH3 is 1. The first-order chi connectivity index (χ1) is 13.8. The summed E-state index contributed by atoms with van der Waals surface area (Å²) in [7, 11) is 1.69. The summed E-state index contributed by atoms with van der Waals surface area (Å²) >= 11 is 0. The van der Waals surface area contributed by atoms with Gasteiger partial charge in [0.05, 0.1) is 13.2 Å². The Hall–Kier alpha value is -2.49. The molecular weight excluding hydrogens is 360 g/mol. The van der Waals surface area contributed by atoms with Crippen molar-refractivity contribution in [1.29, 1.82) is 0 Å². The van der Waals surface area contributed by atoms with Crippen molar-refractivity contribution < 1.29 is 14.6 Å². The van der Waals surface area contributed by atoms with Crippen molar-refractivity contribution in [3.05, 3.63) is 89.1 Å². The zero-order chi connectivity index (χ0) is 22.8. The largest absolute Gasteiger partial charge is 0.392 e. The topological polar surface area (TPSA) is 46.5 Å². The van der Waals surface area contributed by atoms with Gasteiger partial charge in [-0.1, -0.05) is 69.5 Å². The molecule has 0 spiro atoms. The molecule has 3 nitrogen and oxygen atoms in total. The lowest BCUT2D eigenvalue weighted by atomic mass is 9.95. The fourth-order valence-electron chi connectivity index (χ4n) is 2.28. The highest BCUT2D eigenvalue weighted by molar-refractivity contribution is 5.64. The van der Waals surface area contributed by atoms with Crippen LogP contribution in [0.1, 0.15) is 49.9 Å². The van der Waals surface area contributed by atoms with E-state index < -0.39 is 0 Å². The highest BCUT2D eigenvalue weighted by Gasteiger charge is 2.06. The number of ether oxygens (including phenoxy) is 1. The SMILES string of the molecule is C=C(C)/C=C\C(=C)/C(C)=C/c1cc(CCOC)c(CO)cc1C.C=CC=O.CC. The maximum atomic E-state index is 9.54. The molecule has 0 saturated heterocycles. The Labute approximate surface area is 177 Å². The lowest BCUT2D eigenvalue weighted by Crippen LogP contribution is -2.01. The Morgan fingerprint density at radius 1 is 1.14 bits per heavy atom. The van der Waals surface area contributed by atoms with E-state index >= 15 is 0 Å². The van der Waals surface area contributed by atoms with Gasteiger partial charge in [-0.3, -0.25) is 4.79 Å². The molecule has 1 aromatic rings. The van der Waals surface area contributed by atoms with Gasteiger partial charge in [-0.25, -0.2) is 0 Å². The number of rotatable bonds is 9. The summed E-state index contributed by atoms with van der Waals surface area (Å²) in [4.78, 5) is 9.06. The van der Waals surface area contributed by atoms with Crippen molar-refractivity contribution in [3.63, 3.8) is 0 Å². The second-order valence-corrected chi connectivity index (χ2v) is 6.28. The van der Waals surface area contributed by atoms with Crippen molar-refractivity contribution in [3.8, 4) is 0 Å². The number of carbonyl (C=O) groups excluding carboxylic acids is 1. The van der Waals surface area contributed by atoms with Gasteiger partial charge in [-0.15, -0.1) is 0 Å². The summed E-state index contributed by atoms with van der Waals surface area (Å²) < 4.78 is 5.16. The van der Waals surface area contributed by atoms with E-state index in [1.807, 2.05) is 32.9 Å². The normalized spacial score (nSPS) is 10.4. The molecule has 0 heterocycles. The molecule has 29 heavy (non-hydrogen) atoms. The molecule has 0 bridgehead atoms. The minimum absolute atomic E-state index is 0.0525. The molecule has 0 saturated carbocycles. The summed E-state index contributed by atoms with van der Waals surface area (Å²) in [5.41, 5.74) is 7.47. The molecule has 160 valence electrons. The third-order valence-electron chi connectivity index (χ3n) is 3.88. The van der Waals surface area contributed by atoms with Gasteiger partial charge in [0.2, 0.25) is 0 Å². The first kappa shape index (κ1) is 28.7. The standard InChI is InChI=1S/C21H28O2.C3H4O.C2H6/c1-15(2)7-8-16(3)17(4)11-20-13-19(9-10-23-6)21(14-22)12-18(20)5;1-2-3-4;1-2/h7-8,11-13,22H,1,3,9-10,14H2,2,4-6H3;2-3H,1H2;1-2H3/b8-7-,17-11+;;.